The highest BCUT2D eigenvalue weighted by atomic mass is 127. The van der Waals surface area contributed by atoms with Crippen molar-refractivity contribution in [2.24, 2.45) is 4.99 Å². The first-order valence-corrected chi connectivity index (χ1v) is 12.7. The summed E-state index contributed by atoms with van der Waals surface area (Å²) < 4.78 is 17.5. The summed E-state index contributed by atoms with van der Waals surface area (Å²) >= 11 is 2.23. The van der Waals surface area contributed by atoms with Crippen LogP contribution < -0.4 is 4.74 Å². The summed E-state index contributed by atoms with van der Waals surface area (Å²) in [6.45, 7) is 10.1. The van der Waals surface area contributed by atoms with E-state index in [2.05, 4.69) is 53.8 Å². The Bertz CT molecular complexity index is 857. The third-order valence-corrected chi connectivity index (χ3v) is 4.77. The molecule has 0 N–H and O–H groups in total. The number of methoxy groups -OCH3 is 1. The van der Waals surface area contributed by atoms with E-state index in [9.17, 15) is 4.79 Å². The average molecular weight is 495 g/mol. The van der Waals surface area contributed by atoms with Gasteiger partial charge in [0.1, 0.15) is 11.5 Å². The van der Waals surface area contributed by atoms with Crippen LogP contribution in [0.4, 0.5) is 0 Å². The maximum absolute atomic E-state index is 11.5. The second-order valence-corrected chi connectivity index (χ2v) is 12.3. The van der Waals surface area contributed by atoms with Gasteiger partial charge in [-0.2, -0.15) is 0 Å². The minimum atomic E-state index is -1.75. The molecule has 0 aliphatic carbocycles. The molecule has 2 aromatic rings. The van der Waals surface area contributed by atoms with Crippen molar-refractivity contribution >= 4 is 43.1 Å². The molecule has 2 rings (SSSR count). The molecule has 0 radical (unpaired) electrons. The predicted molar refractivity (Wildman–Crippen MR) is 118 cm³/mol. The van der Waals surface area contributed by atoms with Gasteiger partial charge in [-0.3, -0.25) is 0 Å². The smallest absolute Gasteiger partial charge is 0.337 e. The van der Waals surface area contributed by atoms with E-state index >= 15 is 0 Å². The summed E-state index contributed by atoms with van der Waals surface area (Å²) in [5.74, 6) is 1.26. The minimum Gasteiger partial charge on any atom is -0.532 e. The van der Waals surface area contributed by atoms with E-state index in [0.29, 0.717) is 22.9 Å². The first-order chi connectivity index (χ1) is 12.7. The van der Waals surface area contributed by atoms with E-state index in [4.69, 9.17) is 13.9 Å². The number of carbonyl (C=O) groups excluding carboxylic acids is 1. The number of carbonyl (C=O) groups is 1. The number of hydrogen-bond donors (Lipinski definition) is 0. The first-order valence-electron chi connectivity index (χ1n) is 8.26. The number of benzene rings is 2. The number of hydrogen-bond acceptors (Lipinski definition) is 5. The zero-order valence-corrected chi connectivity index (χ0v) is 18.9. The van der Waals surface area contributed by atoms with E-state index in [1.807, 2.05) is 18.2 Å². The monoisotopic (exact) mass is 495 g/mol. The maximum Gasteiger partial charge on any atom is 0.337 e. The molecule has 0 atom stereocenters. The zero-order valence-electron chi connectivity index (χ0n) is 15.8. The van der Waals surface area contributed by atoms with Crippen molar-refractivity contribution in [3.05, 3.63) is 69.6 Å². The Balaban J connectivity index is 2.20. The van der Waals surface area contributed by atoms with Gasteiger partial charge in [-0.1, -0.05) is 0 Å². The molecular formula is C20H22INO4Si. The van der Waals surface area contributed by atoms with Crippen LogP contribution in [0.1, 0.15) is 15.9 Å². The normalized spacial score (nSPS) is 11.3. The molecule has 0 bridgehead atoms. The lowest BCUT2D eigenvalue weighted by atomic mass is 10.2. The van der Waals surface area contributed by atoms with Crippen molar-refractivity contribution in [3.63, 3.8) is 0 Å². The van der Waals surface area contributed by atoms with Gasteiger partial charge in [-0.25, -0.2) is 9.79 Å². The Labute approximate surface area is 174 Å². The van der Waals surface area contributed by atoms with E-state index in [0.717, 1.165) is 9.13 Å². The van der Waals surface area contributed by atoms with Crippen LogP contribution in [0, 0.1) is 3.57 Å². The quantitative estimate of drug-likeness (QED) is 0.165. The molecule has 0 heterocycles. The van der Waals surface area contributed by atoms with Gasteiger partial charge >= 0.3 is 5.97 Å². The fourth-order valence-corrected chi connectivity index (χ4v) is 3.41. The number of nitrogens with zero attached hydrogens (tertiary/aromatic N) is 1. The lowest BCUT2D eigenvalue weighted by Gasteiger charge is -2.18. The average Bonchev–Trinajstić information content (AvgIpc) is 2.60. The Kier molecular flexibility index (Phi) is 7.20. The van der Waals surface area contributed by atoms with Crippen LogP contribution in [0.15, 0.2) is 59.9 Å². The summed E-state index contributed by atoms with van der Waals surface area (Å²) in [4.78, 5) is 15.8. The Hall–Kier alpha value is -2.13. The highest BCUT2D eigenvalue weighted by molar-refractivity contribution is 14.1. The highest BCUT2D eigenvalue weighted by Crippen LogP contribution is 2.26. The van der Waals surface area contributed by atoms with Gasteiger partial charge in [0.05, 0.1) is 12.7 Å². The topological polar surface area (TPSA) is 57.1 Å². The van der Waals surface area contributed by atoms with Crippen molar-refractivity contribution < 1.29 is 18.7 Å². The number of rotatable bonds is 7. The predicted octanol–water partition coefficient (Wildman–Crippen LogP) is 5.61. The third kappa shape index (κ3) is 6.83. The van der Waals surface area contributed by atoms with E-state index in [1.54, 1.807) is 30.5 Å². The van der Waals surface area contributed by atoms with Crippen LogP contribution in [0.5, 0.6) is 11.5 Å². The number of esters is 1. The summed E-state index contributed by atoms with van der Waals surface area (Å²) in [6, 6.07) is 12.5. The number of aliphatic imine (C=N–C) groups is 1. The second kappa shape index (κ2) is 9.18. The molecule has 0 saturated heterocycles. The molecule has 0 fully saturated rings. The lowest BCUT2D eigenvalue weighted by Crippen LogP contribution is -2.24. The van der Waals surface area contributed by atoms with Gasteiger partial charge in [0.15, 0.2) is 5.88 Å². The van der Waals surface area contributed by atoms with Gasteiger partial charge in [0, 0.05) is 15.3 Å². The number of halogens is 1. The van der Waals surface area contributed by atoms with Gasteiger partial charge in [-0.05, 0) is 91.3 Å². The van der Waals surface area contributed by atoms with Crippen molar-refractivity contribution in [1.29, 1.82) is 0 Å². The van der Waals surface area contributed by atoms with Crippen molar-refractivity contribution in [2.45, 2.75) is 19.6 Å². The molecule has 0 unspecified atom stereocenters. The Morgan fingerprint density at radius 2 is 1.81 bits per heavy atom. The van der Waals surface area contributed by atoms with Gasteiger partial charge < -0.3 is 13.9 Å². The molecule has 0 spiro atoms. The van der Waals surface area contributed by atoms with E-state index < -0.39 is 8.32 Å². The van der Waals surface area contributed by atoms with E-state index in [1.165, 1.54) is 7.11 Å². The van der Waals surface area contributed by atoms with Crippen molar-refractivity contribution in [2.75, 3.05) is 7.11 Å². The molecule has 7 heteroatoms. The highest BCUT2D eigenvalue weighted by Gasteiger charge is 2.16. The summed E-state index contributed by atoms with van der Waals surface area (Å²) in [5.41, 5.74) is 1.27. The van der Waals surface area contributed by atoms with E-state index in [-0.39, 0.29) is 5.97 Å². The first kappa shape index (κ1) is 21.2. The van der Waals surface area contributed by atoms with Crippen LogP contribution in [0.2, 0.25) is 19.6 Å². The second-order valence-electron chi connectivity index (χ2n) is 6.67. The van der Waals surface area contributed by atoms with Crippen molar-refractivity contribution in [3.8, 4) is 11.5 Å². The van der Waals surface area contributed by atoms with Crippen LogP contribution in [-0.2, 0) is 9.16 Å². The van der Waals surface area contributed by atoms with Crippen LogP contribution in [-0.4, -0.2) is 27.6 Å². The number of ether oxygens (including phenoxy) is 2. The summed E-state index contributed by atoms with van der Waals surface area (Å²) in [5, 5.41) is 0. The Morgan fingerprint density at radius 3 is 2.41 bits per heavy atom. The van der Waals surface area contributed by atoms with Gasteiger partial charge in [0.25, 0.3) is 0 Å². The molecule has 0 saturated carbocycles. The fraction of sp³-hybridized carbons (Fsp3) is 0.200. The SMILES string of the molecule is C=C(N=Cc1cc(I)ccc1Oc1ccc(C(=O)OC)cc1)O[Si](C)(C)C. The molecule has 0 aliphatic rings. The molecule has 27 heavy (non-hydrogen) atoms. The van der Waals surface area contributed by atoms with Crippen LogP contribution >= 0.6 is 22.6 Å². The molecule has 0 aromatic heterocycles. The summed E-state index contributed by atoms with van der Waals surface area (Å²) in [6.07, 6.45) is 1.68. The van der Waals surface area contributed by atoms with Gasteiger partial charge in [0.2, 0.25) is 8.32 Å². The zero-order chi connectivity index (χ0) is 20.0. The molecule has 142 valence electrons. The maximum atomic E-state index is 11.5. The molecule has 0 amide bonds. The Morgan fingerprint density at radius 1 is 1.15 bits per heavy atom. The molecule has 2 aromatic carbocycles. The van der Waals surface area contributed by atoms with Crippen molar-refractivity contribution in [1.82, 2.24) is 0 Å². The summed E-state index contributed by atoms with van der Waals surface area (Å²) in [7, 11) is -0.395. The van der Waals surface area contributed by atoms with Crippen LogP contribution in [0.3, 0.4) is 0 Å². The van der Waals surface area contributed by atoms with Gasteiger partial charge in [-0.15, -0.1) is 0 Å². The molecule has 0 aliphatic heterocycles. The molecular weight excluding hydrogens is 473 g/mol. The standard InChI is InChI=1S/C20H22INO4Si/c1-14(26-27(3,4)5)22-13-16-12-17(21)8-11-19(16)25-18-9-6-15(7-10-18)20(23)24-2/h6-13H,1H2,2-5H3. The lowest BCUT2D eigenvalue weighted by molar-refractivity contribution is 0.0600. The third-order valence-electron chi connectivity index (χ3n) is 3.25. The largest absolute Gasteiger partial charge is 0.532 e. The fourth-order valence-electron chi connectivity index (χ4n) is 2.14. The minimum absolute atomic E-state index is 0.385. The molecule has 5 nitrogen and oxygen atoms in total. The van der Waals surface area contributed by atoms with Crippen LogP contribution in [0.25, 0.3) is 0 Å².